The molecule has 0 aliphatic heterocycles. The van der Waals surface area contributed by atoms with E-state index in [4.69, 9.17) is 39.5 Å². The Hall–Kier alpha value is -1.94. The van der Waals surface area contributed by atoms with E-state index in [2.05, 4.69) is 29.6 Å². The molecule has 0 heterocycles. The predicted octanol–water partition coefficient (Wildman–Crippen LogP) is 8.13. The van der Waals surface area contributed by atoms with Crippen molar-refractivity contribution in [2.45, 2.75) is 19.6 Å². The van der Waals surface area contributed by atoms with Crippen molar-refractivity contribution in [3.8, 4) is 5.75 Å². The SMILES string of the molecule is Cl.Clc1ccc(CCNCc2c(OCc3ccccc3Cl)ccc3ccccc23)c(Cl)c1. The smallest absolute Gasteiger partial charge is 0.124 e. The molecule has 4 aromatic rings. The number of hydrogen-bond acceptors (Lipinski definition) is 2. The highest BCUT2D eigenvalue weighted by atomic mass is 35.5. The Morgan fingerprint density at radius 3 is 2.34 bits per heavy atom. The Labute approximate surface area is 209 Å². The van der Waals surface area contributed by atoms with Crippen LogP contribution in [0.4, 0.5) is 0 Å². The Morgan fingerprint density at radius 1 is 0.750 bits per heavy atom. The Kier molecular flexibility index (Phi) is 9.10. The lowest BCUT2D eigenvalue weighted by Crippen LogP contribution is -2.17. The van der Waals surface area contributed by atoms with Crippen LogP contribution in [0.15, 0.2) is 78.9 Å². The molecule has 0 bridgehead atoms. The molecule has 0 aromatic heterocycles. The number of benzene rings is 4. The van der Waals surface area contributed by atoms with Gasteiger partial charge in [0, 0.05) is 32.7 Å². The molecule has 0 fully saturated rings. The molecule has 0 radical (unpaired) electrons. The van der Waals surface area contributed by atoms with E-state index in [0.717, 1.165) is 35.4 Å². The number of hydrogen-bond donors (Lipinski definition) is 1. The Morgan fingerprint density at radius 2 is 1.53 bits per heavy atom. The van der Waals surface area contributed by atoms with E-state index < -0.39 is 0 Å². The topological polar surface area (TPSA) is 21.3 Å². The van der Waals surface area contributed by atoms with Gasteiger partial charge in [0.1, 0.15) is 12.4 Å². The van der Waals surface area contributed by atoms with Gasteiger partial charge in [0.25, 0.3) is 0 Å². The summed E-state index contributed by atoms with van der Waals surface area (Å²) in [6.45, 7) is 1.89. The standard InChI is InChI=1S/C26H22Cl3NO.ClH/c27-21-11-9-19(25(29)15-21)13-14-30-16-23-22-7-3-1-5-18(22)10-12-26(23)31-17-20-6-2-4-8-24(20)28;/h1-12,15,30H,13-14,16-17H2;1H. The number of rotatable bonds is 8. The van der Waals surface area contributed by atoms with Crippen molar-refractivity contribution in [1.29, 1.82) is 0 Å². The molecule has 166 valence electrons. The van der Waals surface area contributed by atoms with Crippen LogP contribution in [0.5, 0.6) is 5.75 Å². The minimum absolute atomic E-state index is 0. The van der Waals surface area contributed by atoms with Crippen LogP contribution in [-0.2, 0) is 19.6 Å². The quantitative estimate of drug-likeness (QED) is 0.243. The molecule has 0 saturated carbocycles. The van der Waals surface area contributed by atoms with Gasteiger partial charge in [0.05, 0.1) is 0 Å². The van der Waals surface area contributed by atoms with E-state index in [0.29, 0.717) is 28.2 Å². The highest BCUT2D eigenvalue weighted by molar-refractivity contribution is 6.35. The lowest BCUT2D eigenvalue weighted by Gasteiger charge is -2.16. The van der Waals surface area contributed by atoms with Crippen molar-refractivity contribution in [3.63, 3.8) is 0 Å². The number of ether oxygens (including phenoxy) is 1. The van der Waals surface area contributed by atoms with E-state index in [9.17, 15) is 0 Å². The third-order valence-electron chi connectivity index (χ3n) is 5.23. The average molecular weight is 507 g/mol. The molecule has 0 aliphatic rings. The summed E-state index contributed by atoms with van der Waals surface area (Å²) in [6, 6.07) is 25.8. The first-order valence-corrected chi connectivity index (χ1v) is 11.3. The molecule has 4 aromatic carbocycles. The largest absolute Gasteiger partial charge is 0.488 e. The molecule has 0 spiro atoms. The van der Waals surface area contributed by atoms with Gasteiger partial charge >= 0.3 is 0 Å². The van der Waals surface area contributed by atoms with Gasteiger partial charge in [-0.15, -0.1) is 12.4 Å². The van der Waals surface area contributed by atoms with Crippen LogP contribution in [0.3, 0.4) is 0 Å². The lowest BCUT2D eigenvalue weighted by atomic mass is 10.0. The Balaban J connectivity index is 0.00000289. The van der Waals surface area contributed by atoms with Crippen LogP contribution in [0.2, 0.25) is 15.1 Å². The normalized spacial score (nSPS) is 10.7. The van der Waals surface area contributed by atoms with Gasteiger partial charge in [0.2, 0.25) is 0 Å². The van der Waals surface area contributed by atoms with Crippen LogP contribution >= 0.6 is 47.2 Å². The zero-order valence-electron chi connectivity index (χ0n) is 17.3. The molecular weight excluding hydrogens is 484 g/mol. The molecule has 0 aliphatic carbocycles. The molecule has 2 nitrogen and oxygen atoms in total. The highest BCUT2D eigenvalue weighted by Crippen LogP contribution is 2.29. The second-order valence-corrected chi connectivity index (χ2v) is 8.56. The third-order valence-corrected chi connectivity index (χ3v) is 6.18. The predicted molar refractivity (Wildman–Crippen MR) is 139 cm³/mol. The lowest BCUT2D eigenvalue weighted by molar-refractivity contribution is 0.303. The van der Waals surface area contributed by atoms with E-state index in [1.54, 1.807) is 6.07 Å². The molecule has 0 unspecified atom stereocenters. The van der Waals surface area contributed by atoms with E-state index >= 15 is 0 Å². The second kappa shape index (κ2) is 11.8. The fourth-order valence-electron chi connectivity index (χ4n) is 3.57. The molecule has 4 rings (SSSR count). The van der Waals surface area contributed by atoms with Crippen LogP contribution in [-0.4, -0.2) is 6.54 Å². The molecular formula is C26H23Cl4NO. The zero-order valence-corrected chi connectivity index (χ0v) is 20.4. The van der Waals surface area contributed by atoms with Gasteiger partial charge in [-0.1, -0.05) is 89.4 Å². The van der Waals surface area contributed by atoms with Crippen LogP contribution in [0.25, 0.3) is 10.8 Å². The van der Waals surface area contributed by atoms with Crippen molar-refractivity contribution in [2.75, 3.05) is 6.54 Å². The van der Waals surface area contributed by atoms with Gasteiger partial charge in [-0.2, -0.15) is 0 Å². The first-order valence-electron chi connectivity index (χ1n) is 10.1. The van der Waals surface area contributed by atoms with Crippen molar-refractivity contribution < 1.29 is 4.74 Å². The minimum Gasteiger partial charge on any atom is -0.488 e. The number of nitrogens with one attached hydrogen (secondary N) is 1. The first kappa shape index (κ1) is 24.7. The van der Waals surface area contributed by atoms with Crippen LogP contribution in [0, 0.1) is 0 Å². The molecule has 0 atom stereocenters. The van der Waals surface area contributed by atoms with Gasteiger partial charge in [-0.3, -0.25) is 0 Å². The molecule has 32 heavy (non-hydrogen) atoms. The summed E-state index contributed by atoms with van der Waals surface area (Å²) < 4.78 is 6.20. The first-order chi connectivity index (χ1) is 15.1. The summed E-state index contributed by atoms with van der Waals surface area (Å²) in [4.78, 5) is 0. The molecule has 6 heteroatoms. The van der Waals surface area contributed by atoms with Crippen LogP contribution in [0.1, 0.15) is 16.7 Å². The van der Waals surface area contributed by atoms with Gasteiger partial charge in [0.15, 0.2) is 0 Å². The third kappa shape index (κ3) is 6.10. The summed E-state index contributed by atoms with van der Waals surface area (Å²) >= 11 is 18.6. The summed E-state index contributed by atoms with van der Waals surface area (Å²) in [5.74, 6) is 0.857. The fourth-order valence-corrected chi connectivity index (χ4v) is 4.26. The maximum atomic E-state index is 6.30. The van der Waals surface area contributed by atoms with Crippen molar-refractivity contribution >= 4 is 58.0 Å². The van der Waals surface area contributed by atoms with Gasteiger partial charge < -0.3 is 10.1 Å². The maximum Gasteiger partial charge on any atom is 0.124 e. The van der Waals surface area contributed by atoms with Gasteiger partial charge in [-0.25, -0.2) is 0 Å². The maximum absolute atomic E-state index is 6.30. The van der Waals surface area contributed by atoms with E-state index in [1.807, 2.05) is 48.5 Å². The average Bonchev–Trinajstić information content (AvgIpc) is 2.78. The van der Waals surface area contributed by atoms with Crippen molar-refractivity contribution in [1.82, 2.24) is 5.32 Å². The molecule has 1 N–H and O–H groups in total. The number of fused-ring (bicyclic) bond motifs is 1. The van der Waals surface area contributed by atoms with Gasteiger partial charge in [-0.05, 0) is 53.6 Å². The summed E-state index contributed by atoms with van der Waals surface area (Å²) in [7, 11) is 0. The van der Waals surface area contributed by atoms with Crippen LogP contribution < -0.4 is 10.1 Å². The Bertz CT molecular complexity index is 1200. The van der Waals surface area contributed by atoms with Crippen molar-refractivity contribution in [3.05, 3.63) is 111 Å². The monoisotopic (exact) mass is 505 g/mol. The number of halogens is 4. The summed E-state index contributed by atoms with van der Waals surface area (Å²) in [5, 5.41) is 7.96. The van der Waals surface area contributed by atoms with E-state index in [1.165, 1.54) is 10.8 Å². The van der Waals surface area contributed by atoms with E-state index in [-0.39, 0.29) is 12.4 Å². The fraction of sp³-hybridized carbons (Fsp3) is 0.154. The summed E-state index contributed by atoms with van der Waals surface area (Å²) in [6.07, 6.45) is 0.816. The molecule has 0 amide bonds. The highest BCUT2D eigenvalue weighted by Gasteiger charge is 2.10. The van der Waals surface area contributed by atoms with Crippen molar-refractivity contribution in [2.24, 2.45) is 0 Å². The minimum atomic E-state index is 0. The summed E-state index contributed by atoms with van der Waals surface area (Å²) in [5.41, 5.74) is 3.17. The second-order valence-electron chi connectivity index (χ2n) is 7.31. The zero-order chi connectivity index (χ0) is 21.6. The molecule has 0 saturated heterocycles.